The molecule has 3 aromatic carbocycles. The molecule has 1 aliphatic rings. The minimum absolute atomic E-state index is 0.0104. The Labute approximate surface area is 167 Å². The Kier molecular flexibility index (Phi) is 4.13. The van der Waals surface area contributed by atoms with E-state index < -0.39 is 6.09 Å². The topological polar surface area (TPSA) is 71.2 Å². The fraction of sp³-hybridized carbons (Fsp3) is 0.0833. The van der Waals surface area contributed by atoms with E-state index >= 15 is 0 Å². The third-order valence-corrected chi connectivity index (χ3v) is 5.32. The number of rotatable bonds is 3. The summed E-state index contributed by atoms with van der Waals surface area (Å²) in [5.41, 5.74) is 5.16. The van der Waals surface area contributed by atoms with Crippen molar-refractivity contribution in [2.75, 3.05) is 11.9 Å². The van der Waals surface area contributed by atoms with Gasteiger partial charge in [0.25, 0.3) is 0 Å². The van der Waals surface area contributed by atoms with Crippen molar-refractivity contribution in [1.29, 1.82) is 0 Å². The predicted molar refractivity (Wildman–Crippen MR) is 113 cm³/mol. The molecule has 0 radical (unpaired) electrons. The maximum absolute atomic E-state index is 12.4. The summed E-state index contributed by atoms with van der Waals surface area (Å²) in [7, 11) is 0. The predicted octanol–water partition coefficient (Wildman–Crippen LogP) is 4.89. The normalized spacial score (nSPS) is 12.4. The Morgan fingerprint density at radius 1 is 0.897 bits per heavy atom. The summed E-state index contributed by atoms with van der Waals surface area (Å²) in [6, 6.07) is 24.9. The van der Waals surface area contributed by atoms with Gasteiger partial charge in [-0.25, -0.2) is 4.79 Å². The molecule has 29 heavy (non-hydrogen) atoms. The maximum atomic E-state index is 12.4. The van der Waals surface area contributed by atoms with Crippen LogP contribution in [0.5, 0.6) is 0 Å². The number of pyridine rings is 1. The average molecular weight is 382 g/mol. The summed E-state index contributed by atoms with van der Waals surface area (Å²) in [6.45, 7) is 0.220. The number of fused-ring (bicyclic) bond motifs is 4. The van der Waals surface area contributed by atoms with Gasteiger partial charge in [0.05, 0.1) is 5.52 Å². The van der Waals surface area contributed by atoms with Crippen molar-refractivity contribution < 1.29 is 9.53 Å². The van der Waals surface area contributed by atoms with Crippen LogP contribution in [0.2, 0.25) is 0 Å². The van der Waals surface area contributed by atoms with Crippen molar-refractivity contribution in [2.24, 2.45) is 0 Å². The third kappa shape index (κ3) is 3.06. The van der Waals surface area contributed by atoms with E-state index in [1.807, 2.05) is 30.3 Å². The molecule has 4 aromatic rings. The highest BCUT2D eigenvalue weighted by Crippen LogP contribution is 2.44. The molecule has 2 N–H and O–H groups in total. The van der Waals surface area contributed by atoms with Crippen LogP contribution in [0.25, 0.3) is 22.0 Å². The number of hydrogen-bond acceptors (Lipinski definition) is 3. The first-order valence-electron chi connectivity index (χ1n) is 9.45. The second-order valence-corrected chi connectivity index (χ2v) is 7.04. The van der Waals surface area contributed by atoms with E-state index in [9.17, 15) is 9.59 Å². The molecule has 0 saturated heterocycles. The highest BCUT2D eigenvalue weighted by Gasteiger charge is 2.29. The zero-order valence-corrected chi connectivity index (χ0v) is 15.5. The van der Waals surface area contributed by atoms with E-state index in [1.165, 1.54) is 17.2 Å². The third-order valence-electron chi connectivity index (χ3n) is 5.32. The van der Waals surface area contributed by atoms with Crippen LogP contribution in [0.4, 0.5) is 10.6 Å². The molecule has 5 nitrogen and oxygen atoms in total. The van der Waals surface area contributed by atoms with Crippen LogP contribution >= 0.6 is 0 Å². The first-order chi connectivity index (χ1) is 14.2. The maximum Gasteiger partial charge on any atom is 0.412 e. The van der Waals surface area contributed by atoms with Crippen LogP contribution in [-0.4, -0.2) is 17.7 Å². The SMILES string of the molecule is O=C(Nc1cc(=O)c2ccccc2[nH]1)OCC1c2ccccc2-c2ccccc21. The summed E-state index contributed by atoms with van der Waals surface area (Å²) in [4.78, 5) is 27.6. The molecule has 0 bridgehead atoms. The highest BCUT2D eigenvalue weighted by atomic mass is 16.5. The van der Waals surface area contributed by atoms with Gasteiger partial charge in [-0.05, 0) is 34.4 Å². The molecule has 0 unspecified atom stereocenters. The van der Waals surface area contributed by atoms with Crippen LogP contribution in [0.15, 0.2) is 83.7 Å². The average Bonchev–Trinajstić information content (AvgIpc) is 3.06. The van der Waals surface area contributed by atoms with Crippen molar-refractivity contribution >= 4 is 22.8 Å². The quantitative estimate of drug-likeness (QED) is 0.530. The van der Waals surface area contributed by atoms with Crippen molar-refractivity contribution in [3.05, 3.63) is 100 Å². The molecule has 1 aliphatic carbocycles. The molecule has 5 heteroatoms. The fourth-order valence-electron chi connectivity index (χ4n) is 4.01. The molecule has 0 saturated carbocycles. The van der Waals surface area contributed by atoms with Gasteiger partial charge < -0.3 is 9.72 Å². The van der Waals surface area contributed by atoms with Gasteiger partial charge in [-0.1, -0.05) is 60.7 Å². The smallest absolute Gasteiger partial charge is 0.412 e. The molecule has 0 spiro atoms. The molecular weight excluding hydrogens is 364 g/mol. The van der Waals surface area contributed by atoms with E-state index in [1.54, 1.807) is 18.2 Å². The summed E-state index contributed by atoms with van der Waals surface area (Å²) in [5, 5.41) is 3.20. The zero-order chi connectivity index (χ0) is 19.8. The van der Waals surface area contributed by atoms with E-state index in [0.717, 1.165) is 11.1 Å². The molecule has 0 atom stereocenters. The Bertz CT molecular complexity index is 1250. The van der Waals surface area contributed by atoms with Gasteiger partial charge in [-0.15, -0.1) is 0 Å². The van der Waals surface area contributed by atoms with Gasteiger partial charge in [-0.2, -0.15) is 0 Å². The number of carbonyl (C=O) groups excluding carboxylic acids is 1. The summed E-state index contributed by atoms with van der Waals surface area (Å²) in [5.74, 6) is 0.301. The Morgan fingerprint density at radius 3 is 2.24 bits per heavy atom. The molecule has 1 amide bonds. The van der Waals surface area contributed by atoms with Crippen molar-refractivity contribution in [2.45, 2.75) is 5.92 Å². The van der Waals surface area contributed by atoms with E-state index in [-0.39, 0.29) is 18.0 Å². The number of nitrogens with one attached hydrogen (secondary N) is 2. The lowest BCUT2D eigenvalue weighted by Gasteiger charge is -2.14. The molecule has 0 aliphatic heterocycles. The minimum atomic E-state index is -0.599. The zero-order valence-electron chi connectivity index (χ0n) is 15.5. The number of aromatic nitrogens is 1. The van der Waals surface area contributed by atoms with Gasteiger partial charge in [0.15, 0.2) is 5.43 Å². The van der Waals surface area contributed by atoms with Crippen LogP contribution in [0.3, 0.4) is 0 Å². The Hall–Kier alpha value is -3.86. The van der Waals surface area contributed by atoms with E-state index in [4.69, 9.17) is 4.74 Å². The van der Waals surface area contributed by atoms with E-state index in [0.29, 0.717) is 16.7 Å². The van der Waals surface area contributed by atoms with Gasteiger partial charge in [0, 0.05) is 17.4 Å². The lowest BCUT2D eigenvalue weighted by atomic mass is 9.98. The van der Waals surface area contributed by atoms with Gasteiger partial charge in [0.2, 0.25) is 0 Å². The number of anilines is 1. The fourth-order valence-corrected chi connectivity index (χ4v) is 4.01. The lowest BCUT2D eigenvalue weighted by molar-refractivity contribution is 0.158. The molecular formula is C24H18N2O3. The molecule has 142 valence electrons. The van der Waals surface area contributed by atoms with Gasteiger partial charge in [0.1, 0.15) is 12.4 Å². The highest BCUT2D eigenvalue weighted by molar-refractivity contribution is 5.87. The van der Waals surface area contributed by atoms with Crippen LogP contribution in [0, 0.1) is 0 Å². The minimum Gasteiger partial charge on any atom is -0.448 e. The van der Waals surface area contributed by atoms with Crippen molar-refractivity contribution in [3.8, 4) is 11.1 Å². The number of aromatic amines is 1. The van der Waals surface area contributed by atoms with Crippen LogP contribution in [-0.2, 0) is 4.74 Å². The molecule has 1 heterocycles. The van der Waals surface area contributed by atoms with Gasteiger partial charge >= 0.3 is 6.09 Å². The summed E-state index contributed by atoms with van der Waals surface area (Å²) in [6.07, 6.45) is -0.599. The number of hydrogen-bond donors (Lipinski definition) is 2. The van der Waals surface area contributed by atoms with Crippen LogP contribution in [0.1, 0.15) is 17.0 Å². The first-order valence-corrected chi connectivity index (χ1v) is 9.45. The monoisotopic (exact) mass is 382 g/mol. The molecule has 5 rings (SSSR count). The second kappa shape index (κ2) is 6.95. The molecule has 0 fully saturated rings. The summed E-state index contributed by atoms with van der Waals surface area (Å²) >= 11 is 0. The number of amides is 1. The Balaban J connectivity index is 1.35. The number of H-pyrrole nitrogens is 1. The summed E-state index contributed by atoms with van der Waals surface area (Å²) < 4.78 is 5.52. The van der Waals surface area contributed by atoms with E-state index in [2.05, 4.69) is 34.6 Å². The largest absolute Gasteiger partial charge is 0.448 e. The lowest BCUT2D eigenvalue weighted by Crippen LogP contribution is -2.19. The van der Waals surface area contributed by atoms with Crippen molar-refractivity contribution in [1.82, 2.24) is 4.98 Å². The first kappa shape index (κ1) is 17.3. The number of ether oxygens (including phenoxy) is 1. The number of benzene rings is 3. The standard InChI is InChI=1S/C24H18N2O3/c27-22-13-23(25-21-12-6-5-11-19(21)22)26-24(28)29-14-20-17-9-3-1-7-15(17)16-8-2-4-10-18(16)20/h1-13,20H,14H2,(H2,25,26,27,28). The van der Waals surface area contributed by atoms with Crippen LogP contribution < -0.4 is 10.7 Å². The molecule has 1 aromatic heterocycles. The second-order valence-electron chi connectivity index (χ2n) is 7.04. The Morgan fingerprint density at radius 2 is 1.52 bits per heavy atom. The van der Waals surface area contributed by atoms with Gasteiger partial charge in [-0.3, -0.25) is 10.1 Å². The number of carbonyl (C=O) groups is 1. The van der Waals surface area contributed by atoms with Crippen molar-refractivity contribution in [3.63, 3.8) is 0 Å². The number of para-hydroxylation sites is 1.